The Morgan fingerprint density at radius 3 is 2.55 bits per heavy atom. The van der Waals surface area contributed by atoms with Crippen LogP contribution < -0.4 is 16.0 Å². The molecule has 0 radical (unpaired) electrons. The van der Waals surface area contributed by atoms with Crippen molar-refractivity contribution < 1.29 is 9.59 Å². The van der Waals surface area contributed by atoms with Crippen LogP contribution >= 0.6 is 11.3 Å². The lowest BCUT2D eigenvalue weighted by molar-refractivity contribution is -0.114. The van der Waals surface area contributed by atoms with Crippen molar-refractivity contribution in [3.63, 3.8) is 0 Å². The third-order valence-corrected chi connectivity index (χ3v) is 3.32. The normalized spacial score (nSPS) is 9.32. The first kappa shape index (κ1) is 15.6. The predicted molar refractivity (Wildman–Crippen MR) is 89.0 cm³/mol. The number of carbonyl (C=O) groups is 2. The molecule has 0 aliphatic carbocycles. The van der Waals surface area contributed by atoms with E-state index >= 15 is 0 Å². The number of urea groups is 1. The van der Waals surface area contributed by atoms with Gasteiger partial charge in [-0.3, -0.25) is 10.1 Å². The minimum absolute atomic E-state index is 0.111. The van der Waals surface area contributed by atoms with Crippen LogP contribution in [0.3, 0.4) is 0 Å². The van der Waals surface area contributed by atoms with Gasteiger partial charge in [-0.2, -0.15) is 0 Å². The maximum absolute atomic E-state index is 11.5. The molecule has 1 aromatic carbocycles. The van der Waals surface area contributed by atoms with Crippen LogP contribution in [0.25, 0.3) is 0 Å². The van der Waals surface area contributed by atoms with E-state index in [-0.39, 0.29) is 18.5 Å². The smallest absolute Gasteiger partial charge is 0.320 e. The Labute approximate surface area is 132 Å². The molecule has 0 atom stereocenters. The number of thiophene rings is 1. The third kappa shape index (κ3) is 5.31. The van der Waals surface area contributed by atoms with E-state index < -0.39 is 0 Å². The van der Waals surface area contributed by atoms with E-state index in [4.69, 9.17) is 0 Å². The highest BCUT2D eigenvalue weighted by atomic mass is 32.1. The SMILES string of the molecule is CC(=O)Nc1ccc(C#CCNC(=O)Nc2cccs2)cc1. The summed E-state index contributed by atoms with van der Waals surface area (Å²) in [4.78, 5) is 22.4. The van der Waals surface area contributed by atoms with E-state index in [2.05, 4.69) is 27.8 Å². The van der Waals surface area contributed by atoms with Crippen LogP contribution in [0.4, 0.5) is 15.5 Å². The van der Waals surface area contributed by atoms with Crippen LogP contribution in [0.2, 0.25) is 0 Å². The summed E-state index contributed by atoms with van der Waals surface area (Å²) in [6.45, 7) is 1.71. The van der Waals surface area contributed by atoms with Gasteiger partial charge in [0.1, 0.15) is 0 Å². The second-order valence-electron chi connectivity index (χ2n) is 4.35. The summed E-state index contributed by atoms with van der Waals surface area (Å²) in [5.74, 6) is 5.69. The van der Waals surface area contributed by atoms with Gasteiger partial charge in [-0.1, -0.05) is 11.8 Å². The predicted octanol–water partition coefficient (Wildman–Crippen LogP) is 2.88. The number of anilines is 2. The fourth-order valence-electron chi connectivity index (χ4n) is 1.62. The third-order valence-electron chi connectivity index (χ3n) is 2.53. The van der Waals surface area contributed by atoms with Crippen molar-refractivity contribution in [3.8, 4) is 11.8 Å². The van der Waals surface area contributed by atoms with Gasteiger partial charge in [0.2, 0.25) is 5.91 Å². The fraction of sp³-hybridized carbons (Fsp3) is 0.125. The molecule has 0 saturated carbocycles. The zero-order chi connectivity index (χ0) is 15.8. The van der Waals surface area contributed by atoms with E-state index in [1.54, 1.807) is 12.1 Å². The van der Waals surface area contributed by atoms with Crippen molar-refractivity contribution in [3.05, 3.63) is 47.3 Å². The molecule has 0 bridgehead atoms. The summed E-state index contributed by atoms with van der Waals surface area (Å²) in [6, 6.07) is 10.6. The fourth-order valence-corrected chi connectivity index (χ4v) is 2.23. The lowest BCUT2D eigenvalue weighted by atomic mass is 10.2. The Kier molecular flexibility index (Phi) is 5.57. The lowest BCUT2D eigenvalue weighted by Crippen LogP contribution is -2.28. The van der Waals surface area contributed by atoms with E-state index in [9.17, 15) is 9.59 Å². The van der Waals surface area contributed by atoms with Gasteiger partial charge in [0, 0.05) is 18.2 Å². The van der Waals surface area contributed by atoms with Gasteiger partial charge in [-0.05, 0) is 41.8 Å². The molecule has 5 nitrogen and oxygen atoms in total. The molecule has 0 saturated heterocycles. The van der Waals surface area contributed by atoms with Gasteiger partial charge >= 0.3 is 6.03 Å². The molecule has 1 aromatic heterocycles. The Hall–Kier alpha value is -2.78. The van der Waals surface area contributed by atoms with Crippen LogP contribution in [0.5, 0.6) is 0 Å². The number of carbonyl (C=O) groups excluding carboxylic acids is 2. The van der Waals surface area contributed by atoms with Crippen LogP contribution in [0.15, 0.2) is 41.8 Å². The highest BCUT2D eigenvalue weighted by Crippen LogP contribution is 2.14. The van der Waals surface area contributed by atoms with Crippen LogP contribution in [0, 0.1) is 11.8 Å². The molecule has 0 aliphatic rings. The molecule has 0 unspecified atom stereocenters. The monoisotopic (exact) mass is 313 g/mol. The number of hydrogen-bond donors (Lipinski definition) is 3. The van der Waals surface area contributed by atoms with Gasteiger partial charge in [-0.25, -0.2) is 4.79 Å². The van der Waals surface area contributed by atoms with Crippen molar-refractivity contribution in [2.24, 2.45) is 0 Å². The molecule has 1 heterocycles. The van der Waals surface area contributed by atoms with Crippen LogP contribution in [-0.2, 0) is 4.79 Å². The quantitative estimate of drug-likeness (QED) is 0.763. The molecule has 2 rings (SSSR count). The van der Waals surface area contributed by atoms with Gasteiger partial charge in [0.25, 0.3) is 0 Å². The Bertz CT molecular complexity index is 697. The van der Waals surface area contributed by atoms with Gasteiger partial charge < -0.3 is 10.6 Å². The van der Waals surface area contributed by atoms with Crippen molar-refractivity contribution >= 4 is 34.0 Å². The molecule has 0 fully saturated rings. The number of hydrogen-bond acceptors (Lipinski definition) is 3. The molecule has 112 valence electrons. The second kappa shape index (κ2) is 7.86. The number of benzene rings is 1. The molecule has 6 heteroatoms. The number of rotatable bonds is 3. The first-order valence-electron chi connectivity index (χ1n) is 6.58. The molecular weight excluding hydrogens is 298 g/mol. The summed E-state index contributed by atoms with van der Waals surface area (Å²) in [5.41, 5.74) is 1.54. The Balaban J connectivity index is 1.78. The van der Waals surface area contributed by atoms with E-state index in [1.165, 1.54) is 18.3 Å². The minimum Gasteiger partial charge on any atom is -0.327 e. The van der Waals surface area contributed by atoms with Crippen molar-refractivity contribution in [1.82, 2.24) is 5.32 Å². The number of amides is 3. The topological polar surface area (TPSA) is 70.2 Å². The summed E-state index contributed by atoms with van der Waals surface area (Å²) >= 11 is 1.45. The lowest BCUT2D eigenvalue weighted by Gasteiger charge is -2.02. The average molecular weight is 313 g/mol. The van der Waals surface area contributed by atoms with Crippen LogP contribution in [0.1, 0.15) is 12.5 Å². The van der Waals surface area contributed by atoms with Crippen molar-refractivity contribution in [2.45, 2.75) is 6.92 Å². The average Bonchev–Trinajstić information content (AvgIpc) is 2.97. The molecule has 0 aliphatic heterocycles. The Morgan fingerprint density at radius 2 is 1.91 bits per heavy atom. The molecular formula is C16H15N3O2S. The minimum atomic E-state index is -0.280. The first-order chi connectivity index (χ1) is 10.6. The highest BCUT2D eigenvalue weighted by molar-refractivity contribution is 7.14. The largest absolute Gasteiger partial charge is 0.327 e. The second-order valence-corrected chi connectivity index (χ2v) is 5.29. The highest BCUT2D eigenvalue weighted by Gasteiger charge is 1.99. The first-order valence-corrected chi connectivity index (χ1v) is 7.46. The van der Waals surface area contributed by atoms with Gasteiger partial charge in [-0.15, -0.1) is 11.3 Å². The van der Waals surface area contributed by atoms with Crippen molar-refractivity contribution in [1.29, 1.82) is 0 Å². The summed E-state index contributed by atoms with van der Waals surface area (Å²) in [7, 11) is 0. The maximum atomic E-state index is 11.5. The maximum Gasteiger partial charge on any atom is 0.320 e. The molecule has 22 heavy (non-hydrogen) atoms. The summed E-state index contributed by atoms with van der Waals surface area (Å²) < 4.78 is 0. The standard InChI is InChI=1S/C16H15N3O2S/c1-12(20)18-14-8-6-13(7-9-14)4-2-10-17-16(21)19-15-5-3-11-22-15/h3,5-9,11H,10H2,1H3,(H,18,20)(H2,17,19,21). The van der Waals surface area contributed by atoms with E-state index in [0.717, 1.165) is 16.3 Å². The van der Waals surface area contributed by atoms with Crippen molar-refractivity contribution in [2.75, 3.05) is 17.2 Å². The zero-order valence-electron chi connectivity index (χ0n) is 12.0. The van der Waals surface area contributed by atoms with Gasteiger partial charge in [0.05, 0.1) is 11.5 Å². The van der Waals surface area contributed by atoms with Crippen LogP contribution in [-0.4, -0.2) is 18.5 Å². The molecule has 3 amide bonds. The summed E-state index contributed by atoms with van der Waals surface area (Å²) in [6.07, 6.45) is 0. The van der Waals surface area contributed by atoms with Gasteiger partial charge in [0.15, 0.2) is 0 Å². The zero-order valence-corrected chi connectivity index (χ0v) is 12.8. The molecule has 2 aromatic rings. The van der Waals surface area contributed by atoms with E-state index in [0.29, 0.717) is 0 Å². The molecule has 0 spiro atoms. The molecule has 3 N–H and O–H groups in total. The van der Waals surface area contributed by atoms with E-state index in [1.807, 2.05) is 29.6 Å². The number of nitrogens with one attached hydrogen (secondary N) is 3. The summed E-state index contributed by atoms with van der Waals surface area (Å²) in [5, 5.41) is 10.7. The Morgan fingerprint density at radius 1 is 1.14 bits per heavy atom.